The molecule has 3 atom stereocenters. The van der Waals surface area contributed by atoms with Crippen LogP contribution in [0.4, 0.5) is 28.4 Å². The van der Waals surface area contributed by atoms with Crippen LogP contribution in [-0.4, -0.2) is 18.8 Å². The maximum absolute atomic E-state index is 2.75. The molecule has 9 rings (SSSR count). The summed E-state index contributed by atoms with van der Waals surface area (Å²) in [7, 11) is 0. The lowest BCUT2D eigenvalue weighted by atomic mass is 9.28. The van der Waals surface area contributed by atoms with Crippen LogP contribution in [0.1, 0.15) is 113 Å². The number of rotatable bonds is 5. The van der Waals surface area contributed by atoms with E-state index in [0.717, 1.165) is 6.42 Å². The van der Waals surface area contributed by atoms with Gasteiger partial charge in [-0.25, -0.2) is 0 Å². The summed E-state index contributed by atoms with van der Waals surface area (Å²) >= 11 is 0. The molecule has 0 spiro atoms. The molecule has 0 saturated heterocycles. The Balaban J connectivity index is 1.40. The van der Waals surface area contributed by atoms with E-state index in [0.29, 0.717) is 0 Å². The van der Waals surface area contributed by atoms with Crippen molar-refractivity contribution in [3.63, 3.8) is 0 Å². The van der Waals surface area contributed by atoms with Crippen LogP contribution in [0.2, 0.25) is 0 Å². The molecule has 2 heterocycles. The fourth-order valence-corrected chi connectivity index (χ4v) is 10.6. The van der Waals surface area contributed by atoms with Crippen molar-refractivity contribution in [1.29, 1.82) is 0 Å². The lowest BCUT2D eigenvalue weighted by molar-refractivity contribution is 0.488. The van der Waals surface area contributed by atoms with Crippen molar-refractivity contribution in [2.24, 2.45) is 11.3 Å². The standard InChI is InChI=1S/C59H68BN3/c1-39-34-43(59(11,12)13)36-50-55(39)63(47-31-26-41(27-32-47)57(5,6)7)53-38-48(61(44-20-16-14-17-21-44)45-22-18-15-19-23-45)37-52-54(53)60(50)49-35-42(58(8,9)10)28-33-51(49)62(52)46-29-24-40(25-30-46)56(2,3)4/h14-36,38-39,52,55H,37H2,1-13H3. The van der Waals surface area contributed by atoms with E-state index in [1.807, 2.05) is 0 Å². The summed E-state index contributed by atoms with van der Waals surface area (Å²) in [5.74, 6) is 0.268. The molecule has 2 aliphatic carbocycles. The molecule has 4 heteroatoms. The number of benzene rings is 5. The first-order valence-corrected chi connectivity index (χ1v) is 23.4. The van der Waals surface area contributed by atoms with Crippen LogP contribution >= 0.6 is 0 Å². The monoisotopic (exact) mass is 830 g/mol. The number of hydrogen-bond acceptors (Lipinski definition) is 3. The summed E-state index contributed by atoms with van der Waals surface area (Å²) in [5, 5.41) is 0. The smallest absolute Gasteiger partial charge is 0.242 e. The molecule has 5 aromatic rings. The Kier molecular flexibility index (Phi) is 10.4. The number of anilines is 5. The average Bonchev–Trinajstić information content (AvgIpc) is 3.23. The summed E-state index contributed by atoms with van der Waals surface area (Å²) in [6, 6.07) is 48.7. The van der Waals surface area contributed by atoms with E-state index in [2.05, 4.69) is 250 Å². The highest BCUT2D eigenvalue weighted by atomic mass is 15.2. The number of para-hydroxylation sites is 2. The van der Waals surface area contributed by atoms with Crippen molar-refractivity contribution in [2.45, 2.75) is 125 Å². The topological polar surface area (TPSA) is 9.72 Å². The summed E-state index contributed by atoms with van der Waals surface area (Å²) in [4.78, 5) is 7.99. The number of hydrogen-bond donors (Lipinski definition) is 0. The molecule has 0 radical (unpaired) electrons. The predicted octanol–water partition coefficient (Wildman–Crippen LogP) is 14.7. The third-order valence-corrected chi connectivity index (χ3v) is 14.1. The van der Waals surface area contributed by atoms with E-state index in [1.54, 1.807) is 0 Å². The van der Waals surface area contributed by atoms with Crippen molar-refractivity contribution in [3.05, 3.63) is 190 Å². The van der Waals surface area contributed by atoms with Gasteiger partial charge in [-0.3, -0.25) is 0 Å². The van der Waals surface area contributed by atoms with E-state index in [1.165, 1.54) is 78.5 Å². The lowest BCUT2D eigenvalue weighted by Gasteiger charge is -2.55. The minimum Gasteiger partial charge on any atom is -0.335 e. The molecule has 0 aromatic heterocycles. The lowest BCUT2D eigenvalue weighted by Crippen LogP contribution is -2.62. The van der Waals surface area contributed by atoms with Gasteiger partial charge in [-0.05, 0) is 121 Å². The van der Waals surface area contributed by atoms with Crippen molar-refractivity contribution < 1.29 is 0 Å². The maximum atomic E-state index is 2.75. The highest BCUT2D eigenvalue weighted by molar-refractivity contribution is 6.88. The minimum atomic E-state index is -0.00655. The Hall–Kier alpha value is -5.48. The fourth-order valence-electron chi connectivity index (χ4n) is 10.6. The summed E-state index contributed by atoms with van der Waals surface area (Å²) in [6.45, 7) is 30.7. The second-order valence-electron chi connectivity index (χ2n) is 22.8. The van der Waals surface area contributed by atoms with Gasteiger partial charge in [-0.2, -0.15) is 0 Å². The van der Waals surface area contributed by atoms with Crippen LogP contribution in [-0.2, 0) is 16.2 Å². The molecule has 322 valence electrons. The molecule has 63 heavy (non-hydrogen) atoms. The molecule has 3 nitrogen and oxygen atoms in total. The zero-order chi connectivity index (χ0) is 44.8. The fraction of sp³-hybridized carbons (Fsp3) is 0.356. The van der Waals surface area contributed by atoms with E-state index in [-0.39, 0.29) is 46.4 Å². The second kappa shape index (κ2) is 15.4. The number of fused-ring (bicyclic) bond motifs is 4. The van der Waals surface area contributed by atoms with E-state index in [9.17, 15) is 0 Å². The first-order chi connectivity index (χ1) is 29.7. The van der Waals surface area contributed by atoms with Gasteiger partial charge in [0.2, 0.25) is 6.71 Å². The van der Waals surface area contributed by atoms with Crippen molar-refractivity contribution >= 4 is 40.6 Å². The van der Waals surface area contributed by atoms with Gasteiger partial charge in [-0.1, -0.05) is 180 Å². The first kappa shape index (κ1) is 42.8. The Morgan fingerprint density at radius 1 is 0.540 bits per heavy atom. The molecule has 4 aliphatic rings. The van der Waals surface area contributed by atoms with Crippen molar-refractivity contribution in [1.82, 2.24) is 0 Å². The Labute approximate surface area is 380 Å². The molecule has 2 aliphatic heterocycles. The molecule has 0 N–H and O–H groups in total. The number of nitrogens with zero attached hydrogens (tertiary/aromatic N) is 3. The average molecular weight is 830 g/mol. The van der Waals surface area contributed by atoms with Crippen LogP contribution in [0.25, 0.3) is 0 Å². The van der Waals surface area contributed by atoms with Gasteiger partial charge in [-0.15, -0.1) is 0 Å². The van der Waals surface area contributed by atoms with Gasteiger partial charge < -0.3 is 14.7 Å². The van der Waals surface area contributed by atoms with Gasteiger partial charge in [0, 0.05) is 46.3 Å². The molecule has 0 amide bonds. The van der Waals surface area contributed by atoms with Gasteiger partial charge >= 0.3 is 0 Å². The number of allylic oxidation sites excluding steroid dienone is 3. The zero-order valence-corrected chi connectivity index (χ0v) is 40.2. The second-order valence-corrected chi connectivity index (χ2v) is 22.8. The van der Waals surface area contributed by atoms with Gasteiger partial charge in [0.25, 0.3) is 0 Å². The van der Waals surface area contributed by atoms with Crippen LogP contribution in [0, 0.1) is 11.3 Å². The van der Waals surface area contributed by atoms with Crippen LogP contribution in [0.3, 0.4) is 0 Å². The molecule has 0 saturated carbocycles. The van der Waals surface area contributed by atoms with Gasteiger partial charge in [0.05, 0.1) is 12.1 Å². The molecular formula is C59H68BN3. The summed E-state index contributed by atoms with van der Waals surface area (Å²) < 4.78 is 0. The first-order valence-electron chi connectivity index (χ1n) is 23.4. The van der Waals surface area contributed by atoms with Crippen LogP contribution in [0.15, 0.2) is 174 Å². The van der Waals surface area contributed by atoms with E-state index >= 15 is 0 Å². The predicted molar refractivity (Wildman–Crippen MR) is 273 cm³/mol. The molecule has 5 aromatic carbocycles. The molecule has 0 fully saturated rings. The summed E-state index contributed by atoms with van der Waals surface area (Å²) in [5.41, 5.74) is 18.8. The van der Waals surface area contributed by atoms with E-state index in [4.69, 9.17) is 0 Å². The molecule has 3 unspecified atom stereocenters. The van der Waals surface area contributed by atoms with Crippen molar-refractivity contribution in [3.8, 4) is 0 Å². The zero-order valence-electron chi connectivity index (χ0n) is 40.2. The largest absolute Gasteiger partial charge is 0.335 e. The third-order valence-electron chi connectivity index (χ3n) is 14.1. The van der Waals surface area contributed by atoms with Crippen molar-refractivity contribution in [2.75, 3.05) is 14.7 Å². The third kappa shape index (κ3) is 7.72. The maximum Gasteiger partial charge on any atom is 0.242 e. The molecule has 0 bridgehead atoms. The van der Waals surface area contributed by atoms with E-state index < -0.39 is 0 Å². The van der Waals surface area contributed by atoms with Crippen LogP contribution in [0.5, 0.6) is 0 Å². The van der Waals surface area contributed by atoms with Gasteiger partial charge in [0.1, 0.15) is 0 Å². The Bertz CT molecular complexity index is 2600. The quantitative estimate of drug-likeness (QED) is 0.163. The highest BCUT2D eigenvalue weighted by Gasteiger charge is 2.53. The Morgan fingerprint density at radius 2 is 1.03 bits per heavy atom. The summed E-state index contributed by atoms with van der Waals surface area (Å²) in [6.07, 6.45) is 8.64. The highest BCUT2D eigenvalue weighted by Crippen LogP contribution is 2.53. The normalized spacial score (nSPS) is 20.0. The Morgan fingerprint density at radius 3 is 1.52 bits per heavy atom. The molecular weight excluding hydrogens is 761 g/mol. The minimum absolute atomic E-state index is 0.00655. The van der Waals surface area contributed by atoms with Crippen LogP contribution < -0.4 is 20.2 Å². The SMILES string of the molecule is CC1C=C(C(C)(C)C)C=C2B3C4=C(C=C(N(c5ccccc5)c5ccccc5)CC4N(c4ccc(C(C)(C)C)cc4)c4ccc(C(C)(C)C)cc43)N(c3ccc(C(C)(C)C)cc3)C21. The van der Waals surface area contributed by atoms with Gasteiger partial charge in [0.15, 0.2) is 0 Å².